The van der Waals surface area contributed by atoms with Crippen LogP contribution in [0.25, 0.3) is 5.69 Å². The van der Waals surface area contributed by atoms with E-state index in [9.17, 15) is 9.90 Å². The zero-order chi connectivity index (χ0) is 18.5. The molecule has 2 aromatic carbocycles. The van der Waals surface area contributed by atoms with Crippen LogP contribution in [0.4, 0.5) is 0 Å². The number of ether oxygens (including phenoxy) is 2. The third-order valence-electron chi connectivity index (χ3n) is 3.94. The number of aliphatic carboxylic acids is 1. The van der Waals surface area contributed by atoms with Gasteiger partial charge in [-0.2, -0.15) is 0 Å². The van der Waals surface area contributed by atoms with Crippen LogP contribution in [0, 0.1) is 0 Å². The maximum absolute atomic E-state index is 11.9. The normalized spacial score (nSPS) is 11.8. The number of carbonyl (C=O) groups is 1. The van der Waals surface area contributed by atoms with Crippen LogP contribution >= 0.6 is 11.8 Å². The van der Waals surface area contributed by atoms with Gasteiger partial charge in [0, 0.05) is 23.4 Å². The molecule has 6 heteroatoms. The van der Waals surface area contributed by atoms with Gasteiger partial charge in [0.05, 0.1) is 19.9 Å². The highest BCUT2D eigenvalue weighted by molar-refractivity contribution is 8.00. The van der Waals surface area contributed by atoms with Gasteiger partial charge >= 0.3 is 5.97 Å². The van der Waals surface area contributed by atoms with Crippen LogP contribution < -0.4 is 9.47 Å². The second kappa shape index (κ2) is 8.01. The van der Waals surface area contributed by atoms with E-state index in [1.165, 1.54) is 11.8 Å². The SMILES string of the molecule is COc1ccc(C(Sc2ccc(OC)cc2-n2cccc2)C(=O)O)cc1. The maximum atomic E-state index is 11.9. The molecule has 3 aromatic rings. The summed E-state index contributed by atoms with van der Waals surface area (Å²) in [4.78, 5) is 12.7. The molecule has 0 saturated carbocycles. The fraction of sp³-hybridized carbons (Fsp3) is 0.150. The first-order valence-corrected chi connectivity index (χ1v) is 8.85. The molecule has 0 bridgehead atoms. The smallest absolute Gasteiger partial charge is 0.321 e. The largest absolute Gasteiger partial charge is 0.497 e. The van der Waals surface area contributed by atoms with E-state index in [2.05, 4.69) is 0 Å². The number of hydrogen-bond acceptors (Lipinski definition) is 4. The molecule has 26 heavy (non-hydrogen) atoms. The number of thioether (sulfide) groups is 1. The van der Waals surface area contributed by atoms with Crippen molar-refractivity contribution in [3.63, 3.8) is 0 Å². The van der Waals surface area contributed by atoms with Crippen molar-refractivity contribution in [3.05, 3.63) is 72.6 Å². The summed E-state index contributed by atoms with van der Waals surface area (Å²) in [6.07, 6.45) is 3.84. The molecule has 0 aliphatic heterocycles. The van der Waals surface area contributed by atoms with Gasteiger partial charge in [-0.15, -0.1) is 11.8 Å². The van der Waals surface area contributed by atoms with Crippen molar-refractivity contribution in [1.82, 2.24) is 4.57 Å². The van der Waals surface area contributed by atoms with Crippen molar-refractivity contribution in [2.45, 2.75) is 10.1 Å². The number of carboxylic acids is 1. The number of benzene rings is 2. The van der Waals surface area contributed by atoms with Gasteiger partial charge in [0.25, 0.3) is 0 Å². The number of hydrogen-bond donors (Lipinski definition) is 1. The first-order valence-electron chi connectivity index (χ1n) is 7.97. The highest BCUT2D eigenvalue weighted by atomic mass is 32.2. The molecule has 0 fully saturated rings. The Bertz CT molecular complexity index is 875. The molecule has 1 atom stereocenters. The van der Waals surface area contributed by atoms with Gasteiger partial charge in [-0.25, -0.2) is 0 Å². The molecule has 0 aliphatic rings. The van der Waals surface area contributed by atoms with Gasteiger partial charge in [0.15, 0.2) is 0 Å². The predicted octanol–water partition coefficient (Wildman–Crippen LogP) is 4.41. The Morgan fingerprint density at radius 3 is 2.19 bits per heavy atom. The lowest BCUT2D eigenvalue weighted by molar-refractivity contribution is -0.136. The molecule has 0 radical (unpaired) electrons. The Kier molecular flexibility index (Phi) is 5.53. The average Bonchev–Trinajstić information content (AvgIpc) is 3.20. The fourth-order valence-electron chi connectivity index (χ4n) is 2.59. The summed E-state index contributed by atoms with van der Waals surface area (Å²) in [5, 5.41) is 9.02. The van der Waals surface area contributed by atoms with Crippen molar-refractivity contribution < 1.29 is 19.4 Å². The maximum Gasteiger partial charge on any atom is 0.321 e. The molecule has 3 rings (SSSR count). The minimum atomic E-state index is -0.894. The van der Waals surface area contributed by atoms with Crippen LogP contribution in [-0.4, -0.2) is 29.9 Å². The quantitative estimate of drug-likeness (QED) is 0.625. The molecular formula is C20H19NO4S. The van der Waals surface area contributed by atoms with E-state index in [-0.39, 0.29) is 0 Å². The van der Waals surface area contributed by atoms with Gasteiger partial charge in [-0.05, 0) is 42.0 Å². The van der Waals surface area contributed by atoms with E-state index in [1.54, 1.807) is 38.5 Å². The molecule has 0 saturated heterocycles. The predicted molar refractivity (Wildman–Crippen MR) is 102 cm³/mol. The second-order valence-electron chi connectivity index (χ2n) is 5.53. The molecule has 0 amide bonds. The van der Waals surface area contributed by atoms with Crippen molar-refractivity contribution in [1.29, 1.82) is 0 Å². The summed E-state index contributed by atoms with van der Waals surface area (Å²) >= 11 is 1.29. The summed E-state index contributed by atoms with van der Waals surface area (Å²) < 4.78 is 12.4. The molecule has 1 heterocycles. The van der Waals surface area contributed by atoms with Gasteiger partial charge < -0.3 is 19.1 Å². The van der Waals surface area contributed by atoms with Gasteiger partial charge in [0.2, 0.25) is 0 Å². The van der Waals surface area contributed by atoms with E-state index in [0.29, 0.717) is 11.3 Å². The van der Waals surface area contributed by atoms with Crippen molar-refractivity contribution in [2.24, 2.45) is 0 Å². The Hall–Kier alpha value is -2.86. The van der Waals surface area contributed by atoms with Crippen LogP contribution in [-0.2, 0) is 4.79 Å². The van der Waals surface area contributed by atoms with E-state index in [4.69, 9.17) is 9.47 Å². The molecule has 5 nitrogen and oxygen atoms in total. The van der Waals surface area contributed by atoms with Crippen molar-refractivity contribution in [2.75, 3.05) is 14.2 Å². The molecule has 0 spiro atoms. The fourth-order valence-corrected chi connectivity index (χ4v) is 3.67. The summed E-state index contributed by atoms with van der Waals surface area (Å²) in [6, 6.07) is 16.6. The van der Waals surface area contributed by atoms with Crippen LogP contribution in [0.3, 0.4) is 0 Å². The van der Waals surface area contributed by atoms with E-state index in [1.807, 2.05) is 47.3 Å². The Morgan fingerprint density at radius 1 is 1.00 bits per heavy atom. The number of aromatic nitrogens is 1. The number of rotatable bonds is 7. The van der Waals surface area contributed by atoms with E-state index < -0.39 is 11.2 Å². The average molecular weight is 369 g/mol. The summed E-state index contributed by atoms with van der Waals surface area (Å²) in [5.74, 6) is 0.518. The van der Waals surface area contributed by atoms with Crippen molar-refractivity contribution in [3.8, 4) is 17.2 Å². The lowest BCUT2D eigenvalue weighted by Crippen LogP contribution is -2.08. The standard InChI is InChI=1S/C20H19NO4S/c1-24-15-7-5-14(6-8-15)19(20(22)23)26-18-10-9-16(25-2)13-17(18)21-11-3-4-12-21/h3-13,19H,1-2H3,(H,22,23). The number of nitrogens with zero attached hydrogens (tertiary/aromatic N) is 1. The highest BCUT2D eigenvalue weighted by Crippen LogP contribution is 2.40. The molecule has 1 aromatic heterocycles. The molecule has 134 valence electrons. The zero-order valence-electron chi connectivity index (χ0n) is 14.5. The Morgan fingerprint density at radius 2 is 1.62 bits per heavy atom. The van der Waals surface area contributed by atoms with Gasteiger partial charge in [-0.1, -0.05) is 12.1 Å². The van der Waals surface area contributed by atoms with Crippen LogP contribution in [0.15, 0.2) is 71.9 Å². The lowest BCUT2D eigenvalue weighted by atomic mass is 10.1. The molecule has 0 aliphatic carbocycles. The van der Waals surface area contributed by atoms with E-state index in [0.717, 1.165) is 16.3 Å². The van der Waals surface area contributed by atoms with E-state index >= 15 is 0 Å². The first kappa shape index (κ1) is 17.9. The number of methoxy groups -OCH3 is 2. The van der Waals surface area contributed by atoms with Crippen molar-refractivity contribution >= 4 is 17.7 Å². The van der Waals surface area contributed by atoms with Crippen LogP contribution in [0.5, 0.6) is 11.5 Å². The summed E-state index contributed by atoms with van der Waals surface area (Å²) in [5.41, 5.74) is 1.58. The van der Waals surface area contributed by atoms with Crippen LogP contribution in [0.1, 0.15) is 10.8 Å². The molecular weight excluding hydrogens is 350 g/mol. The summed E-state index contributed by atoms with van der Waals surface area (Å²) in [7, 11) is 3.19. The molecule has 1 unspecified atom stereocenters. The second-order valence-corrected chi connectivity index (χ2v) is 6.68. The monoisotopic (exact) mass is 369 g/mol. The van der Waals surface area contributed by atoms with Gasteiger partial charge in [0.1, 0.15) is 16.7 Å². The first-order chi connectivity index (χ1) is 12.6. The number of carboxylic acid groups (broad SMARTS) is 1. The summed E-state index contributed by atoms with van der Waals surface area (Å²) in [6.45, 7) is 0. The van der Waals surface area contributed by atoms with Gasteiger partial charge in [-0.3, -0.25) is 4.79 Å². The minimum Gasteiger partial charge on any atom is -0.497 e. The lowest BCUT2D eigenvalue weighted by Gasteiger charge is -2.17. The Balaban J connectivity index is 1.97. The minimum absolute atomic E-state index is 0.695. The molecule has 1 N–H and O–H groups in total. The third kappa shape index (κ3) is 3.86. The Labute approximate surface area is 156 Å². The highest BCUT2D eigenvalue weighted by Gasteiger charge is 2.23. The van der Waals surface area contributed by atoms with Crippen LogP contribution in [0.2, 0.25) is 0 Å². The topological polar surface area (TPSA) is 60.7 Å². The third-order valence-corrected chi connectivity index (χ3v) is 5.25. The zero-order valence-corrected chi connectivity index (χ0v) is 15.3.